The second-order valence-corrected chi connectivity index (χ2v) is 5.97. The molecule has 0 amide bonds. The molecular formula is C11H10Br2O4. The van der Waals surface area contributed by atoms with Crippen molar-refractivity contribution in [2.45, 2.75) is 0 Å². The van der Waals surface area contributed by atoms with Crippen LogP contribution in [0.25, 0.3) is 6.08 Å². The molecule has 4 nitrogen and oxygen atoms in total. The molecule has 1 aromatic rings. The lowest BCUT2D eigenvalue weighted by Gasteiger charge is -2.12. The smallest absolute Gasteiger partial charge is 0.231 e. The third-order valence-corrected chi connectivity index (χ3v) is 2.73. The number of benzene rings is 1. The zero-order chi connectivity index (χ0) is 12.4. The minimum atomic E-state index is 0.192. The molecule has 0 saturated heterocycles. The van der Waals surface area contributed by atoms with Crippen LogP contribution in [0.15, 0.2) is 9.46 Å². The number of ether oxygens (including phenoxy) is 4. The first-order valence-electron chi connectivity index (χ1n) is 4.74. The lowest BCUT2D eigenvalue weighted by atomic mass is 10.1. The summed E-state index contributed by atoms with van der Waals surface area (Å²) in [4.78, 5) is 0. The van der Waals surface area contributed by atoms with Crippen LogP contribution in [0.2, 0.25) is 0 Å². The summed E-state index contributed by atoms with van der Waals surface area (Å²) in [6.45, 7) is 0.192. The fraction of sp³-hybridized carbons (Fsp3) is 0.273. The summed E-state index contributed by atoms with van der Waals surface area (Å²) < 4.78 is 22.2. The summed E-state index contributed by atoms with van der Waals surface area (Å²) in [5.74, 6) is 2.37. The molecule has 0 aromatic heterocycles. The molecule has 6 heteroatoms. The van der Waals surface area contributed by atoms with Gasteiger partial charge < -0.3 is 18.9 Å². The number of methoxy groups -OCH3 is 2. The van der Waals surface area contributed by atoms with E-state index in [0.717, 1.165) is 8.96 Å². The molecule has 1 aromatic carbocycles. The van der Waals surface area contributed by atoms with E-state index in [4.69, 9.17) is 18.9 Å². The van der Waals surface area contributed by atoms with Crippen LogP contribution < -0.4 is 18.9 Å². The van der Waals surface area contributed by atoms with Crippen LogP contribution in [0.5, 0.6) is 23.0 Å². The van der Waals surface area contributed by atoms with E-state index in [0.29, 0.717) is 23.0 Å². The van der Waals surface area contributed by atoms with Gasteiger partial charge in [0.15, 0.2) is 11.5 Å². The molecule has 0 saturated carbocycles. The van der Waals surface area contributed by atoms with Crippen LogP contribution in [0.3, 0.4) is 0 Å². The highest BCUT2D eigenvalue weighted by Crippen LogP contribution is 2.49. The van der Waals surface area contributed by atoms with E-state index in [2.05, 4.69) is 31.9 Å². The monoisotopic (exact) mass is 364 g/mol. The molecule has 0 atom stereocenters. The van der Waals surface area contributed by atoms with Crippen molar-refractivity contribution in [2.75, 3.05) is 21.0 Å². The Labute approximate surface area is 116 Å². The van der Waals surface area contributed by atoms with Crippen LogP contribution in [-0.2, 0) is 0 Å². The van der Waals surface area contributed by atoms with Gasteiger partial charge in [-0.05, 0) is 44.0 Å². The van der Waals surface area contributed by atoms with Gasteiger partial charge in [-0.3, -0.25) is 0 Å². The van der Waals surface area contributed by atoms with E-state index in [1.54, 1.807) is 14.2 Å². The molecule has 17 heavy (non-hydrogen) atoms. The average molecular weight is 366 g/mol. The summed E-state index contributed by atoms with van der Waals surface area (Å²) in [7, 11) is 3.15. The van der Waals surface area contributed by atoms with Gasteiger partial charge in [-0.25, -0.2) is 0 Å². The van der Waals surface area contributed by atoms with Gasteiger partial charge in [0.2, 0.25) is 18.3 Å². The molecule has 1 aliphatic heterocycles. The molecule has 0 N–H and O–H groups in total. The predicted octanol–water partition coefficient (Wildman–Crippen LogP) is 3.52. The van der Waals surface area contributed by atoms with Gasteiger partial charge in [-0.2, -0.15) is 0 Å². The maximum atomic E-state index is 5.35. The third-order valence-electron chi connectivity index (χ3n) is 2.28. The number of rotatable bonds is 3. The van der Waals surface area contributed by atoms with Gasteiger partial charge in [0.25, 0.3) is 0 Å². The van der Waals surface area contributed by atoms with Crippen LogP contribution >= 0.6 is 31.9 Å². The van der Waals surface area contributed by atoms with Crippen molar-refractivity contribution in [2.24, 2.45) is 0 Å². The summed E-state index contributed by atoms with van der Waals surface area (Å²) in [6.07, 6.45) is 1.85. The largest absolute Gasteiger partial charge is 0.492 e. The number of hydrogen-bond donors (Lipinski definition) is 0. The first-order chi connectivity index (χ1) is 8.17. The summed E-state index contributed by atoms with van der Waals surface area (Å²) in [5, 5.41) is 0. The van der Waals surface area contributed by atoms with Gasteiger partial charge >= 0.3 is 0 Å². The van der Waals surface area contributed by atoms with Crippen molar-refractivity contribution in [1.29, 1.82) is 0 Å². The lowest BCUT2D eigenvalue weighted by Crippen LogP contribution is -1.95. The van der Waals surface area contributed by atoms with Crippen molar-refractivity contribution >= 4 is 37.9 Å². The van der Waals surface area contributed by atoms with Crippen LogP contribution in [0, 0.1) is 0 Å². The number of halogens is 2. The second-order valence-electron chi connectivity index (χ2n) is 3.20. The molecule has 0 radical (unpaired) electrons. The lowest BCUT2D eigenvalue weighted by molar-refractivity contribution is 0.170. The molecule has 92 valence electrons. The van der Waals surface area contributed by atoms with E-state index in [-0.39, 0.29) is 6.79 Å². The van der Waals surface area contributed by atoms with Crippen molar-refractivity contribution < 1.29 is 18.9 Å². The third kappa shape index (κ3) is 2.37. The molecule has 1 heterocycles. The zero-order valence-corrected chi connectivity index (χ0v) is 12.4. The molecular weight excluding hydrogens is 356 g/mol. The summed E-state index contributed by atoms with van der Waals surface area (Å²) in [6, 6.07) is 1.84. The number of fused-ring (bicyclic) bond motifs is 1. The fourth-order valence-corrected chi connectivity index (χ4v) is 2.13. The van der Waals surface area contributed by atoms with Crippen LogP contribution in [-0.4, -0.2) is 21.0 Å². The first kappa shape index (κ1) is 12.6. The fourth-order valence-electron chi connectivity index (χ4n) is 1.63. The molecule has 0 fully saturated rings. The highest BCUT2D eigenvalue weighted by molar-refractivity contribution is 9.28. The van der Waals surface area contributed by atoms with Crippen LogP contribution in [0.1, 0.15) is 5.56 Å². The minimum absolute atomic E-state index is 0.192. The number of hydrogen-bond acceptors (Lipinski definition) is 4. The van der Waals surface area contributed by atoms with Gasteiger partial charge in [-0.1, -0.05) is 0 Å². The Morgan fingerprint density at radius 3 is 2.53 bits per heavy atom. The quantitative estimate of drug-likeness (QED) is 0.821. The van der Waals surface area contributed by atoms with Gasteiger partial charge in [-0.15, -0.1) is 0 Å². The molecule has 0 aliphatic carbocycles. The van der Waals surface area contributed by atoms with Gasteiger partial charge in [0, 0.05) is 5.56 Å². The van der Waals surface area contributed by atoms with E-state index >= 15 is 0 Å². The Kier molecular flexibility index (Phi) is 3.83. The van der Waals surface area contributed by atoms with E-state index < -0.39 is 0 Å². The predicted molar refractivity (Wildman–Crippen MR) is 71.5 cm³/mol. The summed E-state index contributed by atoms with van der Waals surface area (Å²) >= 11 is 6.62. The average Bonchev–Trinajstić information content (AvgIpc) is 2.73. The van der Waals surface area contributed by atoms with Crippen LogP contribution in [0.4, 0.5) is 0 Å². The maximum absolute atomic E-state index is 5.35. The summed E-state index contributed by atoms with van der Waals surface area (Å²) in [5.41, 5.74) is 0.831. The maximum Gasteiger partial charge on any atom is 0.231 e. The van der Waals surface area contributed by atoms with Crippen molar-refractivity contribution in [3.63, 3.8) is 0 Å². The Balaban J connectivity index is 2.64. The second kappa shape index (κ2) is 5.18. The first-order valence-corrected chi connectivity index (χ1v) is 6.33. The topological polar surface area (TPSA) is 36.9 Å². The Bertz CT molecular complexity index is 467. The van der Waals surface area contributed by atoms with E-state index in [1.165, 1.54) is 0 Å². The molecule has 1 aliphatic rings. The Morgan fingerprint density at radius 1 is 1.24 bits per heavy atom. The molecule has 0 spiro atoms. The van der Waals surface area contributed by atoms with Crippen molar-refractivity contribution in [3.05, 3.63) is 15.0 Å². The highest BCUT2D eigenvalue weighted by atomic mass is 79.9. The van der Waals surface area contributed by atoms with E-state index in [9.17, 15) is 0 Å². The van der Waals surface area contributed by atoms with Gasteiger partial charge in [0.1, 0.15) is 0 Å². The Morgan fingerprint density at radius 2 is 1.94 bits per heavy atom. The minimum Gasteiger partial charge on any atom is -0.492 e. The van der Waals surface area contributed by atoms with Gasteiger partial charge in [0.05, 0.1) is 17.6 Å². The SMILES string of the molecule is COc1c(C=C(Br)Br)cc2c(c1OC)OCO2. The van der Waals surface area contributed by atoms with Crippen molar-refractivity contribution in [3.8, 4) is 23.0 Å². The molecule has 2 rings (SSSR count). The highest BCUT2D eigenvalue weighted by Gasteiger charge is 2.25. The molecule has 0 bridgehead atoms. The van der Waals surface area contributed by atoms with Crippen molar-refractivity contribution in [1.82, 2.24) is 0 Å². The Hall–Kier alpha value is -0.880. The zero-order valence-electron chi connectivity index (χ0n) is 9.25. The molecule has 0 unspecified atom stereocenters. The van der Waals surface area contributed by atoms with E-state index in [1.807, 2.05) is 12.1 Å². The standard InChI is InChI=1S/C11H10Br2O4/c1-14-9-6(4-8(12)13)3-7-10(11(9)15-2)17-5-16-7/h3-4H,5H2,1-2H3. The normalized spacial score (nSPS) is 12.2.